The van der Waals surface area contributed by atoms with Crippen molar-refractivity contribution in [1.29, 1.82) is 5.26 Å². The van der Waals surface area contributed by atoms with Crippen LogP contribution in [0.25, 0.3) is 0 Å². The van der Waals surface area contributed by atoms with Crippen molar-refractivity contribution < 1.29 is 8.42 Å². The molecular formula is C14H19N3O2S. The zero-order chi connectivity index (χ0) is 14.8. The average Bonchev–Trinajstić information content (AvgIpc) is 2.38. The first-order valence-electron chi connectivity index (χ1n) is 6.65. The lowest BCUT2D eigenvalue weighted by atomic mass is 10.1. The molecule has 0 aromatic heterocycles. The summed E-state index contributed by atoms with van der Waals surface area (Å²) < 4.78 is 26.8. The lowest BCUT2D eigenvalue weighted by Gasteiger charge is -2.38. The van der Waals surface area contributed by atoms with Gasteiger partial charge >= 0.3 is 0 Å². The maximum atomic E-state index is 12.6. The molecular weight excluding hydrogens is 274 g/mol. The van der Waals surface area contributed by atoms with Gasteiger partial charge in [0.25, 0.3) is 0 Å². The summed E-state index contributed by atoms with van der Waals surface area (Å²) in [6, 6.07) is 8.76. The summed E-state index contributed by atoms with van der Waals surface area (Å²) in [5, 5.41) is 12.3. The number of nitriles is 1. The number of rotatable bonds is 3. The minimum atomic E-state index is -3.43. The van der Waals surface area contributed by atoms with Crippen molar-refractivity contribution in [2.75, 3.05) is 13.1 Å². The largest absolute Gasteiger partial charge is 0.314 e. The van der Waals surface area contributed by atoms with Gasteiger partial charge < -0.3 is 5.32 Å². The van der Waals surface area contributed by atoms with E-state index < -0.39 is 10.0 Å². The molecule has 0 bridgehead atoms. The van der Waals surface area contributed by atoms with Gasteiger partial charge in [0.15, 0.2) is 0 Å². The lowest BCUT2D eigenvalue weighted by molar-refractivity contribution is 0.219. The number of nitrogens with zero attached hydrogens (tertiary/aromatic N) is 2. The van der Waals surface area contributed by atoms with Gasteiger partial charge in [-0.05, 0) is 25.5 Å². The summed E-state index contributed by atoms with van der Waals surface area (Å²) in [7, 11) is -3.43. The van der Waals surface area contributed by atoms with Crippen LogP contribution in [0.1, 0.15) is 25.0 Å². The first kappa shape index (κ1) is 15.0. The van der Waals surface area contributed by atoms with Gasteiger partial charge in [-0.1, -0.05) is 18.2 Å². The Morgan fingerprint density at radius 3 is 2.50 bits per heavy atom. The Morgan fingerprint density at radius 1 is 1.30 bits per heavy atom. The highest BCUT2D eigenvalue weighted by Crippen LogP contribution is 2.20. The van der Waals surface area contributed by atoms with Gasteiger partial charge in [-0.3, -0.25) is 0 Å². The molecule has 20 heavy (non-hydrogen) atoms. The van der Waals surface area contributed by atoms with E-state index in [2.05, 4.69) is 5.32 Å². The Morgan fingerprint density at radius 2 is 1.90 bits per heavy atom. The van der Waals surface area contributed by atoms with Crippen LogP contribution in [0.15, 0.2) is 24.3 Å². The monoisotopic (exact) mass is 293 g/mol. The molecule has 0 radical (unpaired) electrons. The minimum absolute atomic E-state index is 0.0713. The third-order valence-corrected chi connectivity index (χ3v) is 5.58. The zero-order valence-electron chi connectivity index (χ0n) is 11.7. The second-order valence-corrected chi connectivity index (χ2v) is 7.09. The van der Waals surface area contributed by atoms with Crippen molar-refractivity contribution in [3.05, 3.63) is 35.4 Å². The first-order valence-corrected chi connectivity index (χ1v) is 8.26. The molecule has 1 aromatic carbocycles. The molecule has 0 saturated carbocycles. The molecule has 108 valence electrons. The molecule has 2 atom stereocenters. The Balaban J connectivity index is 2.29. The quantitative estimate of drug-likeness (QED) is 0.905. The number of hydrogen-bond acceptors (Lipinski definition) is 4. The molecule has 0 amide bonds. The van der Waals surface area contributed by atoms with Crippen LogP contribution in [0, 0.1) is 11.3 Å². The molecule has 0 spiro atoms. The number of benzene rings is 1. The Labute approximate surface area is 120 Å². The lowest BCUT2D eigenvalue weighted by Crippen LogP contribution is -2.57. The number of sulfonamides is 1. The molecule has 1 aromatic rings. The molecule has 2 unspecified atom stereocenters. The van der Waals surface area contributed by atoms with E-state index in [4.69, 9.17) is 5.26 Å². The average molecular weight is 293 g/mol. The number of nitrogens with one attached hydrogen (secondary N) is 1. The predicted molar refractivity (Wildman–Crippen MR) is 77.4 cm³/mol. The van der Waals surface area contributed by atoms with E-state index in [0.717, 1.165) is 0 Å². The maximum absolute atomic E-state index is 12.6. The number of piperazine rings is 1. The highest BCUT2D eigenvalue weighted by atomic mass is 32.2. The van der Waals surface area contributed by atoms with Gasteiger partial charge in [0, 0.05) is 25.2 Å². The molecule has 0 aliphatic carbocycles. The standard InChI is InChI=1S/C14H19N3O2S/c1-11-8-16-9-12(2)17(11)20(18,19)10-14-6-4-3-5-13(14)7-15/h3-6,11-12,16H,8-10H2,1-2H3. The fourth-order valence-corrected chi connectivity index (χ4v) is 4.73. The fourth-order valence-electron chi connectivity index (χ4n) is 2.69. The van der Waals surface area contributed by atoms with Gasteiger partial charge in [0.1, 0.15) is 0 Å². The van der Waals surface area contributed by atoms with Crippen LogP contribution in [0.4, 0.5) is 0 Å². The molecule has 2 rings (SSSR count). The first-order chi connectivity index (χ1) is 9.45. The third kappa shape index (κ3) is 3.01. The summed E-state index contributed by atoms with van der Waals surface area (Å²) in [5.41, 5.74) is 0.986. The van der Waals surface area contributed by atoms with Crippen LogP contribution >= 0.6 is 0 Å². The van der Waals surface area contributed by atoms with Crippen molar-refractivity contribution in [1.82, 2.24) is 9.62 Å². The van der Waals surface area contributed by atoms with E-state index in [1.54, 1.807) is 28.6 Å². The summed E-state index contributed by atoms with van der Waals surface area (Å²) in [6.07, 6.45) is 0. The van der Waals surface area contributed by atoms with Crippen molar-refractivity contribution in [2.24, 2.45) is 0 Å². The molecule has 6 heteroatoms. The normalized spacial score (nSPS) is 24.2. The van der Waals surface area contributed by atoms with Crippen molar-refractivity contribution in [3.8, 4) is 6.07 Å². The summed E-state index contributed by atoms with van der Waals surface area (Å²) in [5.74, 6) is -0.120. The van der Waals surface area contributed by atoms with Crippen LogP contribution in [-0.4, -0.2) is 37.9 Å². The molecule has 1 saturated heterocycles. The fraction of sp³-hybridized carbons (Fsp3) is 0.500. The Bertz CT molecular complexity index is 612. The molecule has 1 aliphatic heterocycles. The summed E-state index contributed by atoms with van der Waals surface area (Å²) >= 11 is 0. The third-order valence-electron chi connectivity index (χ3n) is 3.55. The summed E-state index contributed by atoms with van der Waals surface area (Å²) in [4.78, 5) is 0. The topological polar surface area (TPSA) is 73.2 Å². The van der Waals surface area contributed by atoms with E-state index in [-0.39, 0.29) is 17.8 Å². The SMILES string of the molecule is CC1CNCC(C)N1S(=O)(=O)Cc1ccccc1C#N. The Hall–Kier alpha value is -1.42. The van der Waals surface area contributed by atoms with Crippen LogP contribution in [0.3, 0.4) is 0 Å². The van der Waals surface area contributed by atoms with Crippen LogP contribution < -0.4 is 5.32 Å². The second-order valence-electron chi connectivity index (χ2n) is 5.21. The maximum Gasteiger partial charge on any atom is 0.218 e. The smallest absolute Gasteiger partial charge is 0.218 e. The summed E-state index contributed by atoms with van der Waals surface area (Å²) in [6.45, 7) is 5.11. The molecule has 1 fully saturated rings. The van der Waals surface area contributed by atoms with Crippen molar-refractivity contribution in [3.63, 3.8) is 0 Å². The van der Waals surface area contributed by atoms with Crippen LogP contribution in [0.5, 0.6) is 0 Å². The molecule has 1 N–H and O–H groups in total. The van der Waals surface area contributed by atoms with Crippen LogP contribution in [-0.2, 0) is 15.8 Å². The highest BCUT2D eigenvalue weighted by molar-refractivity contribution is 7.88. The van der Waals surface area contributed by atoms with Gasteiger partial charge in [0.05, 0.1) is 17.4 Å². The number of hydrogen-bond donors (Lipinski definition) is 1. The van der Waals surface area contributed by atoms with Crippen LogP contribution in [0.2, 0.25) is 0 Å². The Kier molecular flexibility index (Phi) is 4.43. The zero-order valence-corrected chi connectivity index (χ0v) is 12.5. The van der Waals surface area contributed by atoms with E-state index in [9.17, 15) is 8.42 Å². The van der Waals surface area contributed by atoms with Crippen molar-refractivity contribution in [2.45, 2.75) is 31.7 Å². The van der Waals surface area contributed by atoms with E-state index in [1.807, 2.05) is 19.9 Å². The van der Waals surface area contributed by atoms with E-state index >= 15 is 0 Å². The van der Waals surface area contributed by atoms with Gasteiger partial charge in [-0.15, -0.1) is 0 Å². The van der Waals surface area contributed by atoms with E-state index in [1.165, 1.54) is 0 Å². The predicted octanol–water partition coefficient (Wildman–Crippen LogP) is 1.07. The van der Waals surface area contributed by atoms with Gasteiger partial charge in [0.2, 0.25) is 10.0 Å². The second kappa shape index (κ2) is 5.92. The van der Waals surface area contributed by atoms with Crippen molar-refractivity contribution >= 4 is 10.0 Å². The van der Waals surface area contributed by atoms with Gasteiger partial charge in [-0.25, -0.2) is 8.42 Å². The van der Waals surface area contributed by atoms with Gasteiger partial charge in [-0.2, -0.15) is 9.57 Å². The molecule has 5 nitrogen and oxygen atoms in total. The molecule has 1 aliphatic rings. The highest BCUT2D eigenvalue weighted by Gasteiger charge is 2.34. The van der Waals surface area contributed by atoms with E-state index in [0.29, 0.717) is 24.2 Å². The minimum Gasteiger partial charge on any atom is -0.314 e. The molecule has 1 heterocycles.